The molecule has 2 heterocycles. The molecule has 302 valence electrons. The lowest BCUT2D eigenvalue weighted by molar-refractivity contribution is -0.323. The van der Waals surface area contributed by atoms with Gasteiger partial charge in [-0.1, -0.05) is 52.7 Å². The number of fused-ring (bicyclic) bond motifs is 6. The molecule has 2 aliphatic heterocycles. The molecule has 0 aromatic carbocycles. The molecule has 0 aromatic heterocycles. The first-order valence-electron chi connectivity index (χ1n) is 20.3. The van der Waals surface area contributed by atoms with Gasteiger partial charge in [0.25, 0.3) is 0 Å². The monoisotopic (exact) mass is 750 g/mol. The van der Waals surface area contributed by atoms with Gasteiger partial charge in [0, 0.05) is 0 Å². The van der Waals surface area contributed by atoms with Gasteiger partial charge in [0.05, 0.1) is 24.2 Å². The molecule has 12 nitrogen and oxygen atoms in total. The summed E-state index contributed by atoms with van der Waals surface area (Å²) in [5.41, 5.74) is 1.93. The van der Waals surface area contributed by atoms with Crippen molar-refractivity contribution < 1.29 is 59.5 Å². The van der Waals surface area contributed by atoms with Gasteiger partial charge in [-0.25, -0.2) is 0 Å². The number of carbonyl (C=O) groups is 1. The first-order valence-corrected chi connectivity index (χ1v) is 20.3. The van der Waals surface area contributed by atoms with Crippen LogP contribution in [0.4, 0.5) is 0 Å². The van der Waals surface area contributed by atoms with E-state index in [2.05, 4.69) is 41.5 Å². The summed E-state index contributed by atoms with van der Waals surface area (Å²) in [4.78, 5) is 14.5. The minimum atomic E-state index is -1.64. The fourth-order valence-corrected chi connectivity index (χ4v) is 13.1. The van der Waals surface area contributed by atoms with Crippen LogP contribution in [-0.4, -0.2) is 116 Å². The van der Waals surface area contributed by atoms with Crippen LogP contribution in [-0.2, 0) is 23.7 Å². The molecule has 7 aliphatic rings. The summed E-state index contributed by atoms with van der Waals surface area (Å²) >= 11 is 0. The van der Waals surface area contributed by atoms with Gasteiger partial charge in [0.15, 0.2) is 6.29 Å². The van der Waals surface area contributed by atoms with E-state index in [-0.39, 0.29) is 33.7 Å². The predicted molar refractivity (Wildman–Crippen MR) is 192 cm³/mol. The minimum Gasteiger partial charge on any atom is -0.432 e. The topological polar surface area (TPSA) is 196 Å². The normalized spacial score (nSPS) is 52.0. The highest BCUT2D eigenvalue weighted by Gasteiger charge is 2.65. The van der Waals surface area contributed by atoms with Crippen molar-refractivity contribution in [1.82, 2.24) is 0 Å². The largest absolute Gasteiger partial charge is 0.432 e. The van der Waals surface area contributed by atoms with E-state index in [0.29, 0.717) is 24.7 Å². The Hall–Kier alpha value is -1.19. The van der Waals surface area contributed by atoms with Gasteiger partial charge in [0.1, 0.15) is 42.7 Å². The number of carbonyl (C=O) groups excluding carboxylic acids is 1. The van der Waals surface area contributed by atoms with Crippen molar-refractivity contribution in [3.8, 4) is 0 Å². The Morgan fingerprint density at radius 3 is 2.11 bits per heavy atom. The second kappa shape index (κ2) is 13.7. The van der Waals surface area contributed by atoms with E-state index in [1.165, 1.54) is 11.1 Å². The Morgan fingerprint density at radius 2 is 1.42 bits per heavy atom. The van der Waals surface area contributed by atoms with E-state index in [1.807, 2.05) is 0 Å². The second-order valence-corrected chi connectivity index (χ2v) is 20.0. The highest BCUT2D eigenvalue weighted by atomic mass is 16.7. The third-order valence-electron chi connectivity index (χ3n) is 16.3. The third-order valence-corrected chi connectivity index (χ3v) is 16.3. The zero-order chi connectivity index (χ0) is 38.6. The van der Waals surface area contributed by atoms with Crippen LogP contribution in [0.25, 0.3) is 0 Å². The molecule has 7 rings (SSSR count). The van der Waals surface area contributed by atoms with Gasteiger partial charge in [-0.2, -0.15) is 0 Å². The molecule has 5 aliphatic carbocycles. The number of aliphatic hydroxyl groups is 7. The summed E-state index contributed by atoms with van der Waals surface area (Å²) in [5, 5.41) is 72.7. The Bertz CT molecular complexity index is 1430. The Morgan fingerprint density at radius 1 is 0.736 bits per heavy atom. The molecule has 12 heteroatoms. The molecule has 7 N–H and O–H groups in total. The van der Waals surface area contributed by atoms with Crippen molar-refractivity contribution >= 4 is 5.97 Å². The average Bonchev–Trinajstić information content (AvgIpc) is 3.10. The summed E-state index contributed by atoms with van der Waals surface area (Å²) in [6.07, 6.45) is -3.61. The zero-order valence-electron chi connectivity index (χ0n) is 32.7. The summed E-state index contributed by atoms with van der Waals surface area (Å²) in [5.74, 6) is 0.341. The highest BCUT2D eigenvalue weighted by molar-refractivity contribution is 5.79. The predicted octanol–water partition coefficient (Wildman–Crippen LogP) is 3.10. The molecule has 0 aromatic rings. The lowest BCUT2D eigenvalue weighted by Gasteiger charge is -2.67. The van der Waals surface area contributed by atoms with Crippen LogP contribution in [0, 0.1) is 44.8 Å². The number of rotatable bonds is 5. The van der Waals surface area contributed by atoms with Gasteiger partial charge < -0.3 is 54.7 Å². The van der Waals surface area contributed by atoms with Crippen molar-refractivity contribution in [1.29, 1.82) is 0 Å². The molecular weight excluding hydrogens is 684 g/mol. The molecule has 17 atom stereocenters. The number of esters is 1. The van der Waals surface area contributed by atoms with Gasteiger partial charge >= 0.3 is 5.97 Å². The van der Waals surface area contributed by atoms with Crippen LogP contribution in [0.2, 0.25) is 0 Å². The smallest absolute Gasteiger partial charge is 0.315 e. The molecule has 0 radical (unpaired) electrons. The SMILES string of the molecule is CC1OC(OC2CCC3(C)C4CCC5=C(CCC6(C(=O)OC7OC(CO)C(O)C(O)C7O)CCC(C)(C)CC56)C4(C)CCC3C2(C)C)C(O)C(O)C1O. The first-order chi connectivity index (χ1) is 24.7. The van der Waals surface area contributed by atoms with Gasteiger partial charge in [0.2, 0.25) is 6.29 Å². The number of hydrogen-bond acceptors (Lipinski definition) is 12. The van der Waals surface area contributed by atoms with Crippen molar-refractivity contribution in [3.05, 3.63) is 11.1 Å². The maximum absolute atomic E-state index is 14.5. The van der Waals surface area contributed by atoms with Crippen LogP contribution >= 0.6 is 0 Å². The van der Waals surface area contributed by atoms with Crippen molar-refractivity contribution in [2.45, 2.75) is 187 Å². The molecule has 5 fully saturated rings. The summed E-state index contributed by atoms with van der Waals surface area (Å²) in [6.45, 7) is 15.1. The van der Waals surface area contributed by atoms with Crippen LogP contribution in [0.15, 0.2) is 11.1 Å². The number of ether oxygens (including phenoxy) is 4. The standard InChI is InChI=1S/C41H66O12/c1-20-28(43)30(45)32(47)34(50-20)52-27-12-14-40(7)25(38(27,4)5)11-13-39(6)22-10-15-41(17-16-37(2,3)18-23(41)21(22)8-9-26(39)40)36(49)53-35-33(48)31(46)29(44)24(19-42)51-35/h20,23-35,42-48H,8-19H2,1-7H3. The van der Waals surface area contributed by atoms with Crippen molar-refractivity contribution in [2.75, 3.05) is 6.61 Å². The van der Waals surface area contributed by atoms with Gasteiger partial charge in [-0.3, -0.25) is 4.79 Å². The lowest BCUT2D eigenvalue weighted by Crippen LogP contribution is -2.63. The van der Waals surface area contributed by atoms with E-state index in [1.54, 1.807) is 6.92 Å². The van der Waals surface area contributed by atoms with E-state index >= 15 is 0 Å². The van der Waals surface area contributed by atoms with E-state index in [0.717, 1.165) is 57.8 Å². The Labute approximate surface area is 314 Å². The second-order valence-electron chi connectivity index (χ2n) is 20.0. The van der Waals surface area contributed by atoms with Crippen molar-refractivity contribution in [2.24, 2.45) is 44.8 Å². The van der Waals surface area contributed by atoms with Crippen LogP contribution < -0.4 is 0 Å². The molecular formula is C41H66O12. The van der Waals surface area contributed by atoms with Gasteiger partial charge in [-0.15, -0.1) is 0 Å². The first kappa shape index (κ1) is 40.0. The maximum atomic E-state index is 14.5. The van der Waals surface area contributed by atoms with Crippen LogP contribution in [0.5, 0.6) is 0 Å². The molecule has 0 bridgehead atoms. The molecule has 53 heavy (non-hydrogen) atoms. The Balaban J connectivity index is 1.14. The fourth-order valence-electron chi connectivity index (χ4n) is 13.1. The number of hydrogen-bond donors (Lipinski definition) is 7. The van der Waals surface area contributed by atoms with Crippen LogP contribution in [0.1, 0.15) is 119 Å². The highest BCUT2D eigenvalue weighted by Crippen LogP contribution is 2.72. The number of allylic oxidation sites excluding steroid dienone is 2. The zero-order valence-corrected chi connectivity index (χ0v) is 32.7. The number of aliphatic hydroxyl groups excluding tert-OH is 7. The third kappa shape index (κ3) is 6.19. The van der Waals surface area contributed by atoms with E-state index < -0.39 is 79.4 Å². The molecule has 2 saturated heterocycles. The van der Waals surface area contributed by atoms with E-state index in [9.17, 15) is 40.5 Å². The lowest BCUT2D eigenvalue weighted by atomic mass is 9.38. The molecule has 17 unspecified atom stereocenters. The average molecular weight is 751 g/mol. The maximum Gasteiger partial charge on any atom is 0.315 e. The fraction of sp³-hybridized carbons (Fsp3) is 0.927. The minimum absolute atomic E-state index is 0.0190. The summed E-state index contributed by atoms with van der Waals surface area (Å²) < 4.78 is 24.0. The molecule has 0 spiro atoms. The summed E-state index contributed by atoms with van der Waals surface area (Å²) in [6, 6.07) is 0. The van der Waals surface area contributed by atoms with Crippen LogP contribution in [0.3, 0.4) is 0 Å². The molecule has 3 saturated carbocycles. The summed E-state index contributed by atoms with van der Waals surface area (Å²) in [7, 11) is 0. The van der Waals surface area contributed by atoms with E-state index in [4.69, 9.17) is 18.9 Å². The quantitative estimate of drug-likeness (QED) is 0.124. The molecule has 0 amide bonds. The van der Waals surface area contributed by atoms with Crippen molar-refractivity contribution in [3.63, 3.8) is 0 Å². The van der Waals surface area contributed by atoms with Gasteiger partial charge in [-0.05, 0) is 117 Å². The Kier molecular flexibility index (Phi) is 10.4.